The molecule has 0 saturated heterocycles. The van der Waals surface area contributed by atoms with Crippen LogP contribution in [-0.2, 0) is 4.43 Å². The number of hydrogen-bond acceptors (Lipinski definition) is 1. The summed E-state index contributed by atoms with van der Waals surface area (Å²) in [7, 11) is -1.99. The summed E-state index contributed by atoms with van der Waals surface area (Å²) in [6, 6.07) is 8.05. The van der Waals surface area contributed by atoms with E-state index in [1.165, 1.54) is 24.4 Å². The van der Waals surface area contributed by atoms with Crippen molar-refractivity contribution in [3.05, 3.63) is 30.1 Å². The van der Waals surface area contributed by atoms with E-state index in [0.717, 1.165) is 12.0 Å². The maximum atomic E-state index is 13.2. The highest BCUT2D eigenvalue weighted by atomic mass is 28.4. The lowest BCUT2D eigenvalue weighted by Gasteiger charge is -2.42. The zero-order chi connectivity index (χ0) is 16.3. The third kappa shape index (κ3) is 3.99. The van der Waals surface area contributed by atoms with Crippen molar-refractivity contribution in [2.75, 3.05) is 0 Å². The molecule has 0 spiro atoms. The molecular formula is C19H31FOSi. The molecule has 1 fully saturated rings. The van der Waals surface area contributed by atoms with Crippen LogP contribution in [0.2, 0.25) is 12.6 Å². The summed E-state index contributed by atoms with van der Waals surface area (Å²) in [5, 5.41) is 1.22. The Balaban J connectivity index is 2.21. The van der Waals surface area contributed by atoms with Crippen LogP contribution >= 0.6 is 0 Å². The van der Waals surface area contributed by atoms with Crippen LogP contribution in [0.15, 0.2) is 24.3 Å². The van der Waals surface area contributed by atoms with Gasteiger partial charge in [0.15, 0.2) is 0 Å². The molecule has 0 amide bonds. The van der Waals surface area contributed by atoms with Gasteiger partial charge in [-0.25, -0.2) is 4.39 Å². The van der Waals surface area contributed by atoms with E-state index < -0.39 is 8.32 Å². The Morgan fingerprint density at radius 2 is 1.86 bits per heavy atom. The largest absolute Gasteiger partial charge is 0.409 e. The molecule has 1 aliphatic rings. The Morgan fingerprint density at radius 3 is 2.41 bits per heavy atom. The van der Waals surface area contributed by atoms with Crippen molar-refractivity contribution >= 4 is 13.5 Å². The van der Waals surface area contributed by atoms with Gasteiger partial charge in [-0.1, -0.05) is 46.2 Å². The van der Waals surface area contributed by atoms with Crippen LogP contribution in [0, 0.1) is 23.6 Å². The smallest absolute Gasteiger partial charge is 0.221 e. The van der Waals surface area contributed by atoms with Crippen LogP contribution in [0.1, 0.15) is 47.0 Å². The summed E-state index contributed by atoms with van der Waals surface area (Å²) >= 11 is 0. The Bertz CT molecular complexity index is 473. The molecule has 4 atom stereocenters. The van der Waals surface area contributed by atoms with Gasteiger partial charge >= 0.3 is 0 Å². The fourth-order valence-electron chi connectivity index (χ4n) is 3.74. The molecule has 2 rings (SSSR count). The molecule has 0 N–H and O–H groups in total. The van der Waals surface area contributed by atoms with Crippen molar-refractivity contribution in [2.45, 2.75) is 65.7 Å². The highest BCUT2D eigenvalue weighted by Gasteiger charge is 2.38. The molecule has 3 heteroatoms. The molecule has 0 radical (unpaired) electrons. The maximum absolute atomic E-state index is 13.2. The van der Waals surface area contributed by atoms with Crippen molar-refractivity contribution in [3.8, 4) is 0 Å². The first kappa shape index (κ1) is 17.7. The van der Waals surface area contributed by atoms with Crippen LogP contribution < -0.4 is 5.19 Å². The molecule has 1 aliphatic carbocycles. The molecule has 0 aliphatic heterocycles. The molecule has 1 aromatic rings. The minimum absolute atomic E-state index is 0.164. The standard InChI is InChI=1S/C19H31FOSi/c1-6-22(5,17-10-8-16(20)9-11-17)21-19-13-15(4)7-12-18(19)14(2)3/h8-11,14-15,18-19H,6-7,12-13H2,1-5H3. The number of benzene rings is 1. The van der Waals surface area contributed by atoms with Crippen molar-refractivity contribution in [3.63, 3.8) is 0 Å². The normalized spacial score (nSPS) is 28.6. The molecule has 1 aromatic carbocycles. The van der Waals surface area contributed by atoms with Gasteiger partial charge in [-0.3, -0.25) is 0 Å². The Kier molecular flexibility index (Phi) is 5.84. The van der Waals surface area contributed by atoms with Gasteiger partial charge in [-0.05, 0) is 60.5 Å². The molecule has 1 nitrogen and oxygen atoms in total. The second-order valence-corrected chi connectivity index (χ2v) is 11.6. The summed E-state index contributed by atoms with van der Waals surface area (Å²) in [4.78, 5) is 0. The summed E-state index contributed by atoms with van der Waals surface area (Å²) in [6.45, 7) is 11.5. The fraction of sp³-hybridized carbons (Fsp3) is 0.684. The number of halogens is 1. The molecular weight excluding hydrogens is 291 g/mol. The van der Waals surface area contributed by atoms with Gasteiger partial charge in [0.25, 0.3) is 0 Å². The summed E-state index contributed by atoms with van der Waals surface area (Å²) in [5.74, 6) is 1.92. The van der Waals surface area contributed by atoms with Crippen LogP contribution in [-0.4, -0.2) is 14.4 Å². The summed E-state index contributed by atoms with van der Waals surface area (Å²) < 4.78 is 20.0. The maximum Gasteiger partial charge on any atom is 0.221 e. The minimum atomic E-state index is -1.99. The number of hydrogen-bond donors (Lipinski definition) is 0. The molecule has 0 bridgehead atoms. The predicted molar refractivity (Wildman–Crippen MR) is 94.3 cm³/mol. The molecule has 22 heavy (non-hydrogen) atoms. The molecule has 124 valence electrons. The van der Waals surface area contributed by atoms with E-state index in [2.05, 4.69) is 34.2 Å². The van der Waals surface area contributed by atoms with Crippen molar-refractivity contribution in [2.24, 2.45) is 17.8 Å². The van der Waals surface area contributed by atoms with Gasteiger partial charge in [-0.2, -0.15) is 0 Å². The fourth-order valence-corrected chi connectivity index (χ4v) is 6.26. The Labute approximate surface area is 136 Å². The first-order valence-corrected chi connectivity index (χ1v) is 11.4. The first-order chi connectivity index (χ1) is 10.4. The van der Waals surface area contributed by atoms with Crippen LogP contribution in [0.25, 0.3) is 0 Å². The van der Waals surface area contributed by atoms with Crippen molar-refractivity contribution in [1.29, 1.82) is 0 Å². The number of rotatable bonds is 5. The van der Waals surface area contributed by atoms with E-state index in [9.17, 15) is 4.39 Å². The summed E-state index contributed by atoms with van der Waals surface area (Å²) in [6.07, 6.45) is 4.14. The quantitative estimate of drug-likeness (QED) is 0.685. The van der Waals surface area contributed by atoms with Gasteiger partial charge in [0.2, 0.25) is 8.32 Å². The molecule has 0 aromatic heterocycles. The lowest BCUT2D eigenvalue weighted by atomic mass is 9.75. The van der Waals surface area contributed by atoms with Crippen LogP contribution in [0.5, 0.6) is 0 Å². The molecule has 0 heterocycles. The lowest BCUT2D eigenvalue weighted by molar-refractivity contribution is 0.0408. The van der Waals surface area contributed by atoms with Gasteiger partial charge < -0.3 is 4.43 Å². The topological polar surface area (TPSA) is 9.23 Å². The SMILES string of the molecule is CC[Si](C)(OC1CC(C)CCC1C(C)C)c1ccc(F)cc1. The minimum Gasteiger partial charge on any atom is -0.409 e. The predicted octanol–water partition coefficient (Wildman–Crippen LogP) is 5.11. The van der Waals surface area contributed by atoms with Crippen molar-refractivity contribution < 1.29 is 8.82 Å². The van der Waals surface area contributed by atoms with Gasteiger partial charge in [-0.15, -0.1) is 0 Å². The lowest BCUT2D eigenvalue weighted by Crippen LogP contribution is -2.52. The van der Waals surface area contributed by atoms with E-state index >= 15 is 0 Å². The third-order valence-corrected chi connectivity index (χ3v) is 9.23. The highest BCUT2D eigenvalue weighted by molar-refractivity contribution is 6.85. The molecule has 4 unspecified atom stereocenters. The van der Waals surface area contributed by atoms with Crippen LogP contribution in [0.4, 0.5) is 4.39 Å². The van der Waals surface area contributed by atoms with E-state index in [1.807, 2.05) is 12.1 Å². The monoisotopic (exact) mass is 322 g/mol. The summed E-state index contributed by atoms with van der Waals surface area (Å²) in [5.41, 5.74) is 0. The Morgan fingerprint density at radius 1 is 1.23 bits per heavy atom. The molecule has 1 saturated carbocycles. The van der Waals surface area contributed by atoms with Gasteiger partial charge in [0.05, 0.1) is 0 Å². The highest BCUT2D eigenvalue weighted by Crippen LogP contribution is 2.37. The van der Waals surface area contributed by atoms with Gasteiger partial charge in [0, 0.05) is 6.10 Å². The second kappa shape index (κ2) is 7.27. The zero-order valence-electron chi connectivity index (χ0n) is 14.7. The van der Waals surface area contributed by atoms with E-state index in [-0.39, 0.29) is 5.82 Å². The van der Waals surface area contributed by atoms with E-state index in [1.54, 1.807) is 12.1 Å². The average molecular weight is 323 g/mol. The first-order valence-electron chi connectivity index (χ1n) is 8.79. The van der Waals surface area contributed by atoms with Crippen LogP contribution in [0.3, 0.4) is 0 Å². The third-order valence-electron chi connectivity index (χ3n) is 5.50. The second-order valence-electron chi connectivity index (χ2n) is 7.57. The van der Waals surface area contributed by atoms with E-state index in [0.29, 0.717) is 17.9 Å². The Hall–Kier alpha value is -0.673. The van der Waals surface area contributed by atoms with E-state index in [4.69, 9.17) is 4.43 Å². The van der Waals surface area contributed by atoms with Crippen molar-refractivity contribution in [1.82, 2.24) is 0 Å². The van der Waals surface area contributed by atoms with Gasteiger partial charge in [0.1, 0.15) is 5.82 Å². The zero-order valence-corrected chi connectivity index (χ0v) is 15.7. The average Bonchev–Trinajstić information content (AvgIpc) is 2.47.